The number of benzene rings is 1. The summed E-state index contributed by atoms with van der Waals surface area (Å²) in [5.41, 5.74) is 1.43. The van der Waals surface area contributed by atoms with Crippen LogP contribution >= 0.6 is 15.9 Å². The van der Waals surface area contributed by atoms with E-state index in [0.717, 1.165) is 30.2 Å². The Morgan fingerprint density at radius 1 is 1.14 bits per heavy atom. The van der Waals surface area contributed by atoms with Gasteiger partial charge in [0.2, 0.25) is 0 Å². The van der Waals surface area contributed by atoms with Crippen LogP contribution in [0.2, 0.25) is 0 Å². The summed E-state index contributed by atoms with van der Waals surface area (Å²) in [7, 11) is 0. The van der Waals surface area contributed by atoms with Crippen molar-refractivity contribution in [3.63, 3.8) is 0 Å². The average Bonchev–Trinajstić information content (AvgIpc) is 2.43. The maximum atomic E-state index is 11.0. The Balaban J connectivity index is 1.42. The van der Waals surface area contributed by atoms with Crippen LogP contribution in [0.5, 0.6) is 0 Å². The van der Waals surface area contributed by atoms with Crippen LogP contribution < -0.4 is 5.32 Å². The van der Waals surface area contributed by atoms with Crippen molar-refractivity contribution < 1.29 is 9.90 Å². The molecule has 0 bridgehead atoms. The minimum Gasteiger partial charge on any atom is -0.481 e. The monoisotopic (exact) mass is 351 g/mol. The highest BCUT2D eigenvalue weighted by Crippen LogP contribution is 2.38. The van der Waals surface area contributed by atoms with Gasteiger partial charge in [-0.05, 0) is 62.1 Å². The molecule has 21 heavy (non-hydrogen) atoms. The van der Waals surface area contributed by atoms with Crippen LogP contribution in [0.4, 0.5) is 0 Å². The van der Waals surface area contributed by atoms with Crippen LogP contribution in [0.1, 0.15) is 50.0 Å². The largest absolute Gasteiger partial charge is 0.481 e. The molecule has 2 aliphatic carbocycles. The smallest absolute Gasteiger partial charge is 0.306 e. The van der Waals surface area contributed by atoms with Gasteiger partial charge in [0, 0.05) is 16.6 Å². The highest BCUT2D eigenvalue weighted by atomic mass is 79.9. The third kappa shape index (κ3) is 3.67. The van der Waals surface area contributed by atoms with Crippen molar-refractivity contribution in [1.82, 2.24) is 5.32 Å². The Labute approximate surface area is 134 Å². The Bertz CT molecular complexity index is 505. The van der Waals surface area contributed by atoms with E-state index in [0.29, 0.717) is 18.0 Å². The predicted octanol–water partition coefficient (Wildman–Crippen LogP) is 3.93. The number of nitrogens with one attached hydrogen (secondary N) is 1. The molecule has 0 aromatic heterocycles. The van der Waals surface area contributed by atoms with E-state index in [1.54, 1.807) is 0 Å². The van der Waals surface area contributed by atoms with Gasteiger partial charge in [0.15, 0.2) is 0 Å². The highest BCUT2D eigenvalue weighted by molar-refractivity contribution is 9.10. The predicted molar refractivity (Wildman–Crippen MR) is 86.4 cm³/mol. The quantitative estimate of drug-likeness (QED) is 0.863. The first-order valence-corrected chi connectivity index (χ1v) is 8.65. The summed E-state index contributed by atoms with van der Waals surface area (Å²) in [5.74, 6) is -0.0546. The molecule has 3 rings (SSSR count). The standard InChI is InChI=1S/C17H22BrNO2/c18-14-3-1-2-12(8-14)13-9-16(10-13)19-15-6-4-11(5-7-15)17(20)21/h1-3,8,11,13,15-16,19H,4-7,9-10H2,(H,20,21). The molecule has 3 nitrogen and oxygen atoms in total. The van der Waals surface area contributed by atoms with E-state index in [2.05, 4.69) is 45.5 Å². The molecule has 0 unspecified atom stereocenters. The normalized spacial score (nSPS) is 32.4. The third-order valence-electron chi connectivity index (χ3n) is 5.01. The summed E-state index contributed by atoms with van der Waals surface area (Å²) in [4.78, 5) is 11.0. The molecule has 2 N–H and O–H groups in total. The van der Waals surface area contributed by atoms with Gasteiger partial charge in [-0.2, -0.15) is 0 Å². The summed E-state index contributed by atoms with van der Waals surface area (Å²) >= 11 is 3.53. The summed E-state index contributed by atoms with van der Waals surface area (Å²) < 4.78 is 1.16. The Hall–Kier alpha value is -0.870. The molecule has 0 radical (unpaired) electrons. The van der Waals surface area contributed by atoms with Crippen molar-refractivity contribution in [2.75, 3.05) is 0 Å². The Kier molecular flexibility index (Phi) is 4.65. The van der Waals surface area contributed by atoms with Gasteiger partial charge in [0.05, 0.1) is 5.92 Å². The average molecular weight is 352 g/mol. The molecule has 0 amide bonds. The molecule has 2 fully saturated rings. The van der Waals surface area contributed by atoms with E-state index in [9.17, 15) is 4.79 Å². The second-order valence-electron chi connectivity index (χ2n) is 6.47. The lowest BCUT2D eigenvalue weighted by atomic mass is 9.75. The van der Waals surface area contributed by atoms with Gasteiger partial charge >= 0.3 is 5.97 Å². The lowest BCUT2D eigenvalue weighted by Crippen LogP contribution is -2.47. The number of carboxylic acid groups (broad SMARTS) is 1. The lowest BCUT2D eigenvalue weighted by molar-refractivity contribution is -0.142. The zero-order valence-electron chi connectivity index (χ0n) is 12.1. The van der Waals surface area contributed by atoms with Crippen LogP contribution in [-0.2, 0) is 4.79 Å². The molecule has 0 aliphatic heterocycles. The van der Waals surface area contributed by atoms with Crippen molar-refractivity contribution in [3.05, 3.63) is 34.3 Å². The zero-order valence-corrected chi connectivity index (χ0v) is 13.7. The van der Waals surface area contributed by atoms with Gasteiger partial charge in [0.25, 0.3) is 0 Å². The molecule has 1 aromatic rings. The van der Waals surface area contributed by atoms with E-state index < -0.39 is 5.97 Å². The number of hydrogen-bond acceptors (Lipinski definition) is 2. The van der Waals surface area contributed by atoms with Gasteiger partial charge < -0.3 is 10.4 Å². The van der Waals surface area contributed by atoms with Gasteiger partial charge in [-0.25, -0.2) is 0 Å². The zero-order chi connectivity index (χ0) is 14.8. The van der Waals surface area contributed by atoms with Crippen molar-refractivity contribution in [2.45, 2.75) is 56.5 Å². The molecule has 1 aromatic carbocycles. The fraction of sp³-hybridized carbons (Fsp3) is 0.588. The minimum atomic E-state index is -0.619. The lowest BCUT2D eigenvalue weighted by Gasteiger charge is -2.40. The van der Waals surface area contributed by atoms with E-state index in [1.165, 1.54) is 18.4 Å². The van der Waals surface area contributed by atoms with Crippen LogP contribution in [0, 0.1) is 5.92 Å². The van der Waals surface area contributed by atoms with Crippen LogP contribution in [0.15, 0.2) is 28.7 Å². The molecule has 4 heteroatoms. The van der Waals surface area contributed by atoms with Gasteiger partial charge in [-0.1, -0.05) is 28.1 Å². The maximum absolute atomic E-state index is 11.0. The molecule has 2 aliphatic rings. The second kappa shape index (κ2) is 6.49. The topological polar surface area (TPSA) is 49.3 Å². The number of carbonyl (C=O) groups is 1. The molecule has 0 spiro atoms. The summed E-state index contributed by atoms with van der Waals surface area (Å²) in [6, 6.07) is 9.74. The van der Waals surface area contributed by atoms with Gasteiger partial charge in [-0.3, -0.25) is 4.79 Å². The van der Waals surface area contributed by atoms with Crippen LogP contribution in [-0.4, -0.2) is 23.2 Å². The first kappa shape index (κ1) is 15.0. The second-order valence-corrected chi connectivity index (χ2v) is 7.39. The molecular formula is C17H22BrNO2. The maximum Gasteiger partial charge on any atom is 0.306 e. The number of halogens is 1. The summed E-state index contributed by atoms with van der Waals surface area (Å²) in [5, 5.41) is 12.7. The first-order chi connectivity index (χ1) is 10.1. The molecule has 114 valence electrons. The van der Waals surface area contributed by atoms with Gasteiger partial charge in [0.1, 0.15) is 0 Å². The van der Waals surface area contributed by atoms with Crippen molar-refractivity contribution in [2.24, 2.45) is 5.92 Å². The molecule has 0 saturated heterocycles. The summed E-state index contributed by atoms with van der Waals surface area (Å²) in [6.07, 6.45) is 6.08. The highest BCUT2D eigenvalue weighted by Gasteiger charge is 2.33. The Morgan fingerprint density at radius 2 is 1.86 bits per heavy atom. The SMILES string of the molecule is O=C(O)C1CCC(NC2CC(c3cccc(Br)c3)C2)CC1. The number of hydrogen-bond donors (Lipinski definition) is 2. The van der Waals surface area contributed by atoms with Crippen LogP contribution in [0.25, 0.3) is 0 Å². The first-order valence-electron chi connectivity index (χ1n) is 7.86. The number of carboxylic acids is 1. The number of aliphatic carboxylic acids is 1. The molecule has 0 heterocycles. The Morgan fingerprint density at radius 3 is 2.48 bits per heavy atom. The van der Waals surface area contributed by atoms with Crippen LogP contribution in [0.3, 0.4) is 0 Å². The molecular weight excluding hydrogens is 330 g/mol. The van der Waals surface area contributed by atoms with E-state index >= 15 is 0 Å². The number of rotatable bonds is 4. The minimum absolute atomic E-state index is 0.112. The van der Waals surface area contributed by atoms with Gasteiger partial charge in [-0.15, -0.1) is 0 Å². The third-order valence-corrected chi connectivity index (χ3v) is 5.50. The van der Waals surface area contributed by atoms with Crippen molar-refractivity contribution in [3.8, 4) is 0 Å². The molecule has 2 saturated carbocycles. The van der Waals surface area contributed by atoms with E-state index in [1.807, 2.05) is 0 Å². The van der Waals surface area contributed by atoms with E-state index in [4.69, 9.17) is 5.11 Å². The van der Waals surface area contributed by atoms with Crippen molar-refractivity contribution >= 4 is 21.9 Å². The van der Waals surface area contributed by atoms with Crippen molar-refractivity contribution in [1.29, 1.82) is 0 Å². The molecule has 0 atom stereocenters. The van der Waals surface area contributed by atoms with E-state index in [-0.39, 0.29) is 5.92 Å². The fourth-order valence-electron chi connectivity index (χ4n) is 3.63. The fourth-order valence-corrected chi connectivity index (χ4v) is 4.04. The summed E-state index contributed by atoms with van der Waals surface area (Å²) in [6.45, 7) is 0.